The summed E-state index contributed by atoms with van der Waals surface area (Å²) in [5.41, 5.74) is 0.632. The number of methoxy groups -OCH3 is 1. The summed E-state index contributed by atoms with van der Waals surface area (Å²) in [5.74, 6) is -4.00. The van der Waals surface area contributed by atoms with Gasteiger partial charge in [-0.3, -0.25) is 0 Å². The number of benzene rings is 1. The van der Waals surface area contributed by atoms with Crippen LogP contribution in [0.1, 0.15) is 32.3 Å². The van der Waals surface area contributed by atoms with Gasteiger partial charge in [0, 0.05) is 0 Å². The zero-order valence-electron chi connectivity index (χ0n) is 15.3. The van der Waals surface area contributed by atoms with Gasteiger partial charge >= 0.3 is 0 Å². The van der Waals surface area contributed by atoms with Gasteiger partial charge in [-0.05, 0) is 49.0 Å². The Labute approximate surface area is 152 Å². The first-order valence-corrected chi connectivity index (χ1v) is 8.24. The lowest BCUT2D eigenvalue weighted by molar-refractivity contribution is 0.0444. The molecule has 1 aromatic carbocycles. The van der Waals surface area contributed by atoms with Crippen molar-refractivity contribution in [2.24, 2.45) is 5.92 Å². The maximum atomic E-state index is 14.0. The molecule has 0 amide bonds. The highest BCUT2D eigenvalue weighted by Crippen LogP contribution is 2.29. The lowest BCUT2D eigenvalue weighted by atomic mass is 9.94. The van der Waals surface area contributed by atoms with Crippen molar-refractivity contribution in [2.75, 3.05) is 7.11 Å². The quantitative estimate of drug-likeness (QED) is 0.423. The monoisotopic (exact) mass is 370 g/mol. The lowest BCUT2D eigenvalue weighted by Gasteiger charge is -2.18. The van der Waals surface area contributed by atoms with Crippen molar-refractivity contribution in [3.8, 4) is 5.75 Å². The second-order valence-electron chi connectivity index (χ2n) is 6.17. The van der Waals surface area contributed by atoms with Gasteiger partial charge in [0.25, 0.3) is 0 Å². The average Bonchev–Trinajstić information content (AvgIpc) is 2.64. The van der Waals surface area contributed by atoms with Crippen LogP contribution in [0.5, 0.6) is 5.75 Å². The molecular formula is C20H25F3O3. The molecule has 26 heavy (non-hydrogen) atoms. The molecule has 2 atom stereocenters. The van der Waals surface area contributed by atoms with E-state index in [4.69, 9.17) is 9.84 Å². The minimum atomic E-state index is -1.15. The number of phenolic OH excluding ortho intramolecular Hbond substituents is 1. The molecule has 0 radical (unpaired) electrons. The highest BCUT2D eigenvalue weighted by Gasteiger charge is 2.19. The maximum Gasteiger partial charge on any atom is 0.200 e. The van der Waals surface area contributed by atoms with E-state index in [1.54, 1.807) is 13.0 Å². The molecule has 1 N–H and O–H groups in total. The zero-order valence-corrected chi connectivity index (χ0v) is 15.3. The molecule has 6 heteroatoms. The van der Waals surface area contributed by atoms with Crippen molar-refractivity contribution in [1.82, 2.24) is 0 Å². The minimum absolute atomic E-state index is 0.0357. The van der Waals surface area contributed by atoms with E-state index in [1.807, 2.05) is 6.92 Å². The smallest absolute Gasteiger partial charge is 0.200 e. The van der Waals surface area contributed by atoms with Crippen LogP contribution in [0.15, 0.2) is 54.3 Å². The van der Waals surface area contributed by atoms with Crippen molar-refractivity contribution in [2.45, 2.75) is 39.4 Å². The summed E-state index contributed by atoms with van der Waals surface area (Å²) < 4.78 is 51.2. The number of halogens is 3. The van der Waals surface area contributed by atoms with Crippen LogP contribution in [-0.4, -0.2) is 18.3 Å². The van der Waals surface area contributed by atoms with E-state index in [-0.39, 0.29) is 30.0 Å². The molecule has 0 saturated heterocycles. The summed E-state index contributed by atoms with van der Waals surface area (Å²) in [4.78, 5) is 0. The Hall–Kier alpha value is -2.21. The third-order valence-corrected chi connectivity index (χ3v) is 4.11. The van der Waals surface area contributed by atoms with Crippen LogP contribution in [-0.2, 0) is 16.1 Å². The van der Waals surface area contributed by atoms with Crippen molar-refractivity contribution in [1.29, 1.82) is 0 Å². The molecule has 0 spiro atoms. The molecule has 0 heterocycles. The number of aromatic hydroxyl groups is 1. The van der Waals surface area contributed by atoms with Crippen LogP contribution >= 0.6 is 0 Å². The molecule has 3 nitrogen and oxygen atoms in total. The molecule has 0 saturated carbocycles. The van der Waals surface area contributed by atoms with E-state index in [1.165, 1.54) is 19.2 Å². The van der Waals surface area contributed by atoms with Crippen molar-refractivity contribution in [3.63, 3.8) is 0 Å². The van der Waals surface area contributed by atoms with Gasteiger partial charge in [-0.25, -0.2) is 8.78 Å². The minimum Gasteiger partial charge on any atom is -0.505 e. The van der Waals surface area contributed by atoms with Crippen LogP contribution in [0, 0.1) is 11.7 Å². The molecule has 2 unspecified atom stereocenters. The molecule has 1 rings (SSSR count). The van der Waals surface area contributed by atoms with E-state index in [0.717, 1.165) is 0 Å². The Morgan fingerprint density at radius 1 is 1.15 bits per heavy atom. The molecule has 0 aromatic heterocycles. The summed E-state index contributed by atoms with van der Waals surface area (Å²) >= 11 is 0. The second-order valence-corrected chi connectivity index (χ2v) is 6.17. The van der Waals surface area contributed by atoms with Gasteiger partial charge in [0.1, 0.15) is 5.76 Å². The average molecular weight is 370 g/mol. The largest absolute Gasteiger partial charge is 0.505 e. The first kappa shape index (κ1) is 21.8. The Balaban J connectivity index is 2.50. The normalized spacial score (nSPS) is 14.4. The Bertz CT molecular complexity index is 683. The molecule has 0 aliphatic heterocycles. The van der Waals surface area contributed by atoms with Gasteiger partial charge in [-0.15, -0.1) is 0 Å². The van der Waals surface area contributed by atoms with Gasteiger partial charge in [-0.2, -0.15) is 4.39 Å². The highest BCUT2D eigenvalue weighted by molar-refractivity contribution is 5.33. The molecular weight excluding hydrogens is 345 g/mol. The number of ether oxygens (including phenoxy) is 2. The fourth-order valence-electron chi connectivity index (χ4n) is 2.19. The standard InChI is InChI=1S/C20H25F3O3/c1-12(14(3)19(22)20(23)15(4)25-5)6-7-13(2)26-11-16-8-9-18(24)17(21)10-16/h8-10,12-13,24H,3-4,6-7,11H2,1-2,5H3/b20-19-. The molecule has 144 valence electrons. The molecule has 0 aliphatic rings. The number of phenols is 1. The van der Waals surface area contributed by atoms with Crippen LogP contribution < -0.4 is 0 Å². The Kier molecular flexibility index (Phi) is 8.45. The van der Waals surface area contributed by atoms with Gasteiger partial charge in [0.15, 0.2) is 23.2 Å². The van der Waals surface area contributed by atoms with Crippen molar-refractivity contribution < 1.29 is 27.8 Å². The summed E-state index contributed by atoms with van der Waals surface area (Å²) in [6.45, 7) is 10.6. The maximum absolute atomic E-state index is 14.0. The summed E-state index contributed by atoms with van der Waals surface area (Å²) in [5, 5.41) is 9.15. The summed E-state index contributed by atoms with van der Waals surface area (Å²) in [6, 6.07) is 4.04. The fraction of sp³-hybridized carbons (Fsp3) is 0.400. The van der Waals surface area contributed by atoms with Gasteiger partial charge in [0.2, 0.25) is 0 Å². The van der Waals surface area contributed by atoms with E-state index < -0.39 is 23.2 Å². The van der Waals surface area contributed by atoms with E-state index in [2.05, 4.69) is 17.9 Å². The third kappa shape index (κ3) is 6.26. The second kappa shape index (κ2) is 10.1. The van der Waals surface area contributed by atoms with Gasteiger partial charge in [0.05, 0.1) is 19.8 Å². The Morgan fingerprint density at radius 3 is 2.38 bits per heavy atom. The van der Waals surface area contributed by atoms with Gasteiger partial charge < -0.3 is 14.6 Å². The van der Waals surface area contributed by atoms with Crippen molar-refractivity contribution >= 4 is 0 Å². The van der Waals surface area contributed by atoms with Crippen LogP contribution in [0.2, 0.25) is 0 Å². The molecule has 0 fully saturated rings. The zero-order chi connectivity index (χ0) is 19.9. The highest BCUT2D eigenvalue weighted by atomic mass is 19.2. The molecule has 0 bridgehead atoms. The number of allylic oxidation sites excluding steroid dienone is 3. The van der Waals surface area contributed by atoms with Crippen LogP contribution in [0.4, 0.5) is 13.2 Å². The molecule has 1 aromatic rings. The number of hydrogen-bond acceptors (Lipinski definition) is 3. The number of hydrogen-bond donors (Lipinski definition) is 1. The Morgan fingerprint density at radius 2 is 1.81 bits per heavy atom. The number of rotatable bonds is 10. The van der Waals surface area contributed by atoms with E-state index in [0.29, 0.717) is 18.4 Å². The predicted molar refractivity (Wildman–Crippen MR) is 95.2 cm³/mol. The SMILES string of the molecule is C=C(OC)/C(F)=C(/F)C(=C)C(C)CCC(C)OCc1ccc(O)c(F)c1. The summed E-state index contributed by atoms with van der Waals surface area (Å²) in [7, 11) is 1.21. The third-order valence-electron chi connectivity index (χ3n) is 4.11. The van der Waals surface area contributed by atoms with Crippen molar-refractivity contribution in [3.05, 3.63) is 65.7 Å². The van der Waals surface area contributed by atoms with E-state index in [9.17, 15) is 13.2 Å². The predicted octanol–water partition coefficient (Wildman–Crippen LogP) is 5.72. The van der Waals surface area contributed by atoms with E-state index >= 15 is 0 Å². The lowest BCUT2D eigenvalue weighted by Crippen LogP contribution is -2.11. The fourth-order valence-corrected chi connectivity index (χ4v) is 2.19. The van der Waals surface area contributed by atoms with Crippen LogP contribution in [0.25, 0.3) is 0 Å². The molecule has 0 aliphatic carbocycles. The van der Waals surface area contributed by atoms with Crippen LogP contribution in [0.3, 0.4) is 0 Å². The first-order valence-electron chi connectivity index (χ1n) is 8.24. The summed E-state index contributed by atoms with van der Waals surface area (Å²) in [6.07, 6.45) is 0.943. The topological polar surface area (TPSA) is 38.7 Å². The van der Waals surface area contributed by atoms with Gasteiger partial charge in [-0.1, -0.05) is 26.1 Å². The first-order chi connectivity index (χ1) is 12.2.